The summed E-state index contributed by atoms with van der Waals surface area (Å²) < 4.78 is 5.16. The Morgan fingerprint density at radius 2 is 1.80 bits per heavy atom. The third-order valence-corrected chi connectivity index (χ3v) is 3.90. The molecule has 0 unspecified atom stereocenters. The molecule has 6 nitrogen and oxygen atoms in total. The third kappa shape index (κ3) is 5.37. The minimum atomic E-state index is 0.491. The Kier molecular flexibility index (Phi) is 6.61. The molecule has 0 bridgehead atoms. The summed E-state index contributed by atoms with van der Waals surface area (Å²) in [5.41, 5.74) is 2.29. The van der Waals surface area contributed by atoms with Gasteiger partial charge in [-0.15, -0.1) is 0 Å². The van der Waals surface area contributed by atoms with Gasteiger partial charge in [-0.3, -0.25) is 0 Å². The number of nitriles is 1. The molecule has 25 heavy (non-hydrogen) atoms. The molecule has 0 amide bonds. The van der Waals surface area contributed by atoms with Gasteiger partial charge < -0.3 is 19.9 Å². The third-order valence-electron chi connectivity index (χ3n) is 3.90. The van der Waals surface area contributed by atoms with Crippen LogP contribution in [0.25, 0.3) is 0 Å². The van der Waals surface area contributed by atoms with Crippen molar-refractivity contribution in [1.29, 1.82) is 5.26 Å². The first-order valence-electron chi connectivity index (χ1n) is 8.17. The zero-order valence-corrected chi connectivity index (χ0v) is 15.3. The molecule has 0 aliphatic rings. The first-order valence-corrected chi connectivity index (χ1v) is 8.17. The second-order valence-corrected chi connectivity index (χ2v) is 6.08. The Morgan fingerprint density at radius 3 is 2.40 bits per heavy atom. The summed E-state index contributed by atoms with van der Waals surface area (Å²) >= 11 is 0. The highest BCUT2D eigenvalue weighted by atomic mass is 16.5. The molecule has 1 aromatic carbocycles. The van der Waals surface area contributed by atoms with Crippen LogP contribution < -0.4 is 15.0 Å². The van der Waals surface area contributed by atoms with Crippen molar-refractivity contribution in [2.24, 2.45) is 0 Å². The van der Waals surface area contributed by atoms with Crippen LogP contribution in [0.1, 0.15) is 11.3 Å². The Morgan fingerprint density at radius 1 is 1.08 bits per heavy atom. The zero-order valence-electron chi connectivity index (χ0n) is 15.3. The Balaban J connectivity index is 2.09. The van der Waals surface area contributed by atoms with Crippen molar-refractivity contribution in [3.63, 3.8) is 0 Å². The topological polar surface area (TPSA) is 64.4 Å². The van der Waals surface area contributed by atoms with Crippen molar-refractivity contribution in [2.75, 3.05) is 51.6 Å². The predicted octanol–water partition coefficient (Wildman–Crippen LogP) is 2.57. The normalized spacial score (nSPS) is 10.4. The number of ether oxygens (including phenoxy) is 1. The maximum absolute atomic E-state index is 9.33. The van der Waals surface area contributed by atoms with Crippen LogP contribution in [-0.4, -0.2) is 51.2 Å². The van der Waals surface area contributed by atoms with E-state index in [9.17, 15) is 5.26 Å². The highest BCUT2D eigenvalue weighted by Crippen LogP contribution is 2.18. The summed E-state index contributed by atoms with van der Waals surface area (Å²) in [6, 6.07) is 13.6. The van der Waals surface area contributed by atoms with Gasteiger partial charge in [0.25, 0.3) is 0 Å². The fraction of sp³-hybridized carbons (Fsp3) is 0.368. The van der Waals surface area contributed by atoms with Crippen LogP contribution in [0.4, 0.5) is 11.5 Å². The van der Waals surface area contributed by atoms with Gasteiger partial charge >= 0.3 is 0 Å². The molecule has 132 valence electrons. The SMILES string of the molecule is COc1ccc(NCc2nc(N(C)CCN(C)C)ccc2C#N)cc1. The van der Waals surface area contributed by atoms with Crippen LogP contribution in [0, 0.1) is 11.3 Å². The average Bonchev–Trinajstić information content (AvgIpc) is 2.64. The zero-order chi connectivity index (χ0) is 18.2. The monoisotopic (exact) mass is 339 g/mol. The van der Waals surface area contributed by atoms with Crippen molar-refractivity contribution in [2.45, 2.75) is 6.54 Å². The lowest BCUT2D eigenvalue weighted by molar-refractivity contribution is 0.415. The summed E-state index contributed by atoms with van der Waals surface area (Å²) in [6.45, 7) is 2.31. The molecule has 0 fully saturated rings. The molecule has 0 aliphatic carbocycles. The molecule has 1 aromatic heterocycles. The van der Waals surface area contributed by atoms with Gasteiger partial charge in [0.2, 0.25) is 0 Å². The Hall–Kier alpha value is -2.78. The first-order chi connectivity index (χ1) is 12.0. The molecule has 0 atom stereocenters. The molecule has 1 N–H and O–H groups in total. The number of nitrogens with zero attached hydrogens (tertiary/aromatic N) is 4. The van der Waals surface area contributed by atoms with Crippen molar-refractivity contribution >= 4 is 11.5 Å². The van der Waals surface area contributed by atoms with Gasteiger partial charge in [0.05, 0.1) is 24.9 Å². The van der Waals surface area contributed by atoms with E-state index < -0.39 is 0 Å². The van der Waals surface area contributed by atoms with E-state index in [4.69, 9.17) is 4.74 Å². The molecule has 0 aliphatic heterocycles. The van der Waals surface area contributed by atoms with Crippen LogP contribution in [0.2, 0.25) is 0 Å². The molecular weight excluding hydrogens is 314 g/mol. The highest BCUT2D eigenvalue weighted by molar-refractivity contribution is 5.49. The molecule has 1 heterocycles. The van der Waals surface area contributed by atoms with Gasteiger partial charge in [0.1, 0.15) is 17.6 Å². The number of rotatable bonds is 8. The number of aromatic nitrogens is 1. The van der Waals surface area contributed by atoms with Gasteiger partial charge in [0, 0.05) is 25.8 Å². The lowest BCUT2D eigenvalue weighted by Gasteiger charge is -2.21. The summed E-state index contributed by atoms with van der Waals surface area (Å²) in [6.07, 6.45) is 0. The quantitative estimate of drug-likeness (QED) is 0.797. The fourth-order valence-corrected chi connectivity index (χ4v) is 2.30. The number of hydrogen-bond donors (Lipinski definition) is 1. The van der Waals surface area contributed by atoms with Crippen LogP contribution in [0.5, 0.6) is 5.75 Å². The van der Waals surface area contributed by atoms with E-state index in [1.165, 1.54) is 0 Å². The maximum Gasteiger partial charge on any atom is 0.128 e. The minimum Gasteiger partial charge on any atom is -0.497 e. The maximum atomic E-state index is 9.33. The highest BCUT2D eigenvalue weighted by Gasteiger charge is 2.09. The molecular formula is C19H25N5O. The van der Waals surface area contributed by atoms with E-state index in [-0.39, 0.29) is 0 Å². The lowest BCUT2D eigenvalue weighted by Crippen LogP contribution is -2.29. The number of nitrogens with one attached hydrogen (secondary N) is 1. The number of likely N-dealkylation sites (N-methyl/N-ethyl adjacent to an activating group) is 2. The van der Waals surface area contributed by atoms with E-state index in [0.29, 0.717) is 12.1 Å². The number of benzene rings is 1. The minimum absolute atomic E-state index is 0.491. The van der Waals surface area contributed by atoms with E-state index in [1.807, 2.05) is 57.5 Å². The predicted molar refractivity (Wildman–Crippen MR) is 101 cm³/mol. The van der Waals surface area contributed by atoms with Crippen LogP contribution in [0.15, 0.2) is 36.4 Å². The van der Waals surface area contributed by atoms with Crippen molar-refractivity contribution in [3.8, 4) is 11.8 Å². The molecule has 0 saturated carbocycles. The number of pyridine rings is 1. The lowest BCUT2D eigenvalue weighted by atomic mass is 10.2. The Labute approximate surface area is 149 Å². The van der Waals surface area contributed by atoms with Gasteiger partial charge in [-0.05, 0) is 50.5 Å². The van der Waals surface area contributed by atoms with Gasteiger partial charge in [-0.2, -0.15) is 5.26 Å². The van der Waals surface area contributed by atoms with E-state index in [2.05, 4.69) is 26.2 Å². The van der Waals surface area contributed by atoms with Crippen LogP contribution in [0.3, 0.4) is 0 Å². The summed E-state index contributed by atoms with van der Waals surface area (Å²) in [7, 11) is 7.75. The second kappa shape index (κ2) is 8.90. The molecule has 0 radical (unpaired) electrons. The Bertz CT molecular complexity index is 722. The number of anilines is 2. The largest absolute Gasteiger partial charge is 0.497 e. The van der Waals surface area contributed by atoms with Gasteiger partial charge in [-0.25, -0.2) is 4.98 Å². The summed E-state index contributed by atoms with van der Waals surface area (Å²) in [5, 5.41) is 12.6. The standard InChI is InChI=1S/C19H25N5O/c1-23(2)11-12-24(3)19-10-5-15(13-20)18(22-19)14-21-16-6-8-17(25-4)9-7-16/h5-10,21H,11-12,14H2,1-4H3. The first kappa shape index (κ1) is 18.6. The smallest absolute Gasteiger partial charge is 0.128 e. The molecule has 6 heteroatoms. The van der Waals surface area contributed by atoms with Crippen LogP contribution >= 0.6 is 0 Å². The van der Waals surface area contributed by atoms with Gasteiger partial charge in [0.15, 0.2) is 0 Å². The number of methoxy groups -OCH3 is 1. The number of hydrogen-bond acceptors (Lipinski definition) is 6. The van der Waals surface area contributed by atoms with E-state index in [1.54, 1.807) is 7.11 Å². The van der Waals surface area contributed by atoms with Gasteiger partial charge in [-0.1, -0.05) is 0 Å². The van der Waals surface area contributed by atoms with Crippen molar-refractivity contribution in [3.05, 3.63) is 47.7 Å². The second-order valence-electron chi connectivity index (χ2n) is 6.08. The van der Waals surface area contributed by atoms with Crippen LogP contribution in [-0.2, 0) is 6.54 Å². The molecule has 2 rings (SSSR count). The van der Waals surface area contributed by atoms with E-state index >= 15 is 0 Å². The van der Waals surface area contributed by atoms with Crippen molar-refractivity contribution in [1.82, 2.24) is 9.88 Å². The summed E-state index contributed by atoms with van der Waals surface area (Å²) in [5.74, 6) is 1.68. The van der Waals surface area contributed by atoms with E-state index in [0.717, 1.165) is 36.0 Å². The molecule has 2 aromatic rings. The molecule has 0 saturated heterocycles. The average molecular weight is 339 g/mol. The fourth-order valence-electron chi connectivity index (χ4n) is 2.30. The van der Waals surface area contributed by atoms with Crippen molar-refractivity contribution < 1.29 is 4.74 Å². The molecule has 0 spiro atoms. The summed E-state index contributed by atoms with van der Waals surface area (Å²) in [4.78, 5) is 8.89.